The summed E-state index contributed by atoms with van der Waals surface area (Å²) < 4.78 is 0. The van der Waals surface area contributed by atoms with E-state index in [1.807, 2.05) is 18.2 Å². The van der Waals surface area contributed by atoms with Gasteiger partial charge in [-0.15, -0.1) is 0 Å². The standard InChI is InChI=1S/C15H20N2O2/c1-11-10-17(3)12(2)9-14(11)16-19-15(18)13-7-5-4-6-8-13/h4-8,11-12H,9-10H2,1-3H3/b16-14-/t11-,12+/m0/s1. The van der Waals surface area contributed by atoms with Crippen LogP contribution in [0.4, 0.5) is 0 Å². The molecule has 0 saturated carbocycles. The van der Waals surface area contributed by atoms with Gasteiger partial charge in [-0.3, -0.25) is 0 Å². The zero-order chi connectivity index (χ0) is 13.8. The summed E-state index contributed by atoms with van der Waals surface area (Å²) in [7, 11) is 2.11. The van der Waals surface area contributed by atoms with Crippen LogP contribution in [0.2, 0.25) is 0 Å². The molecule has 0 N–H and O–H groups in total. The highest BCUT2D eigenvalue weighted by Crippen LogP contribution is 2.18. The Morgan fingerprint density at radius 3 is 2.68 bits per heavy atom. The van der Waals surface area contributed by atoms with E-state index in [0.29, 0.717) is 17.5 Å². The molecule has 1 heterocycles. The van der Waals surface area contributed by atoms with E-state index >= 15 is 0 Å². The molecule has 1 aromatic rings. The SMILES string of the molecule is C[C@@H]1C/C(=N/OC(=O)c2ccccc2)[C@@H](C)CN1C. The molecule has 1 aliphatic rings. The van der Waals surface area contributed by atoms with Crippen molar-refractivity contribution in [1.29, 1.82) is 0 Å². The first-order valence-electron chi connectivity index (χ1n) is 6.61. The largest absolute Gasteiger partial charge is 0.365 e. The van der Waals surface area contributed by atoms with Gasteiger partial charge in [0.05, 0.1) is 11.3 Å². The number of carbonyl (C=O) groups excluding carboxylic acids is 1. The monoisotopic (exact) mass is 260 g/mol. The van der Waals surface area contributed by atoms with E-state index in [-0.39, 0.29) is 0 Å². The van der Waals surface area contributed by atoms with Crippen molar-refractivity contribution in [2.24, 2.45) is 11.1 Å². The van der Waals surface area contributed by atoms with Gasteiger partial charge in [0.2, 0.25) is 0 Å². The molecule has 1 aliphatic heterocycles. The Labute approximate surface area is 114 Å². The van der Waals surface area contributed by atoms with E-state index in [1.54, 1.807) is 12.1 Å². The van der Waals surface area contributed by atoms with Gasteiger partial charge in [0.15, 0.2) is 0 Å². The number of nitrogens with zero attached hydrogens (tertiary/aromatic N) is 2. The summed E-state index contributed by atoms with van der Waals surface area (Å²) in [6, 6.07) is 9.37. The number of oxime groups is 1. The van der Waals surface area contributed by atoms with Crippen LogP contribution < -0.4 is 0 Å². The van der Waals surface area contributed by atoms with Gasteiger partial charge in [-0.2, -0.15) is 0 Å². The third-order valence-electron chi connectivity index (χ3n) is 3.64. The molecule has 0 spiro atoms. The maximum atomic E-state index is 11.8. The van der Waals surface area contributed by atoms with E-state index < -0.39 is 5.97 Å². The Morgan fingerprint density at radius 2 is 2.00 bits per heavy atom. The van der Waals surface area contributed by atoms with Gasteiger partial charge < -0.3 is 9.74 Å². The molecule has 0 bridgehead atoms. The zero-order valence-electron chi connectivity index (χ0n) is 11.7. The number of hydrogen-bond donors (Lipinski definition) is 0. The van der Waals surface area contributed by atoms with E-state index in [1.165, 1.54) is 0 Å². The molecule has 1 aromatic carbocycles. The molecule has 0 radical (unpaired) electrons. The lowest BCUT2D eigenvalue weighted by Crippen LogP contribution is -2.43. The topological polar surface area (TPSA) is 41.9 Å². The predicted octanol–water partition coefficient (Wildman–Crippen LogP) is 2.56. The summed E-state index contributed by atoms with van der Waals surface area (Å²) in [5.41, 5.74) is 1.50. The van der Waals surface area contributed by atoms with E-state index in [0.717, 1.165) is 18.7 Å². The molecule has 1 saturated heterocycles. The number of likely N-dealkylation sites (tertiary alicyclic amines) is 1. The van der Waals surface area contributed by atoms with Crippen LogP contribution in [0.3, 0.4) is 0 Å². The highest BCUT2D eigenvalue weighted by atomic mass is 16.7. The van der Waals surface area contributed by atoms with Crippen molar-refractivity contribution in [3.8, 4) is 0 Å². The molecule has 102 valence electrons. The molecule has 4 nitrogen and oxygen atoms in total. The number of benzene rings is 1. The summed E-state index contributed by atoms with van der Waals surface area (Å²) in [5.74, 6) is -0.0725. The minimum atomic E-state index is -0.396. The molecule has 0 unspecified atom stereocenters. The third kappa shape index (κ3) is 3.41. The van der Waals surface area contributed by atoms with Crippen LogP contribution in [-0.4, -0.2) is 36.2 Å². The molecule has 2 atom stereocenters. The summed E-state index contributed by atoms with van der Waals surface area (Å²) in [5, 5.41) is 4.07. The van der Waals surface area contributed by atoms with Crippen LogP contribution >= 0.6 is 0 Å². The van der Waals surface area contributed by atoms with Crippen LogP contribution in [-0.2, 0) is 4.84 Å². The summed E-state index contributed by atoms with van der Waals surface area (Å²) in [4.78, 5) is 19.1. The van der Waals surface area contributed by atoms with Crippen LogP contribution in [0.25, 0.3) is 0 Å². The van der Waals surface area contributed by atoms with Crippen molar-refractivity contribution in [3.05, 3.63) is 35.9 Å². The molecular weight excluding hydrogens is 240 g/mol. The summed E-state index contributed by atoms with van der Waals surface area (Å²) in [6.07, 6.45) is 0.847. The quantitative estimate of drug-likeness (QED) is 0.606. The molecule has 0 aromatic heterocycles. The van der Waals surface area contributed by atoms with Gasteiger partial charge in [-0.1, -0.05) is 30.3 Å². The van der Waals surface area contributed by atoms with Crippen molar-refractivity contribution < 1.29 is 9.63 Å². The maximum Gasteiger partial charge on any atom is 0.365 e. The third-order valence-corrected chi connectivity index (χ3v) is 3.64. The average Bonchev–Trinajstić information content (AvgIpc) is 2.42. The van der Waals surface area contributed by atoms with Crippen molar-refractivity contribution in [3.63, 3.8) is 0 Å². The van der Waals surface area contributed by atoms with Crippen molar-refractivity contribution in [1.82, 2.24) is 4.90 Å². The van der Waals surface area contributed by atoms with Gasteiger partial charge in [0.1, 0.15) is 0 Å². The smallest absolute Gasteiger partial charge is 0.313 e. The normalized spacial score (nSPS) is 26.4. The summed E-state index contributed by atoms with van der Waals surface area (Å²) >= 11 is 0. The van der Waals surface area contributed by atoms with E-state index in [2.05, 4.69) is 31.0 Å². The minimum Gasteiger partial charge on any atom is -0.313 e. The summed E-state index contributed by atoms with van der Waals surface area (Å²) in [6.45, 7) is 5.21. The van der Waals surface area contributed by atoms with Gasteiger partial charge in [0.25, 0.3) is 0 Å². The first-order chi connectivity index (χ1) is 9.08. The number of piperidine rings is 1. The highest BCUT2D eigenvalue weighted by molar-refractivity contribution is 5.91. The number of carbonyl (C=O) groups is 1. The fourth-order valence-electron chi connectivity index (χ4n) is 2.23. The number of hydrogen-bond acceptors (Lipinski definition) is 4. The molecule has 0 aliphatic carbocycles. The fraction of sp³-hybridized carbons (Fsp3) is 0.467. The molecule has 2 rings (SSSR count). The lowest BCUT2D eigenvalue weighted by Gasteiger charge is -2.34. The zero-order valence-corrected chi connectivity index (χ0v) is 11.7. The first kappa shape index (κ1) is 13.7. The molecular formula is C15H20N2O2. The highest BCUT2D eigenvalue weighted by Gasteiger charge is 2.26. The van der Waals surface area contributed by atoms with E-state index in [9.17, 15) is 4.79 Å². The Kier molecular flexibility index (Phi) is 4.32. The predicted molar refractivity (Wildman–Crippen MR) is 75.2 cm³/mol. The Hall–Kier alpha value is -1.68. The molecule has 4 heteroatoms. The molecule has 0 amide bonds. The Balaban J connectivity index is 2.00. The lowest BCUT2D eigenvalue weighted by atomic mass is 9.93. The van der Waals surface area contributed by atoms with Crippen molar-refractivity contribution in [2.75, 3.05) is 13.6 Å². The van der Waals surface area contributed by atoms with Gasteiger partial charge in [-0.25, -0.2) is 4.79 Å². The van der Waals surface area contributed by atoms with Crippen LogP contribution in [0.15, 0.2) is 35.5 Å². The van der Waals surface area contributed by atoms with E-state index in [4.69, 9.17) is 4.84 Å². The van der Waals surface area contributed by atoms with Gasteiger partial charge in [0, 0.05) is 24.9 Å². The number of rotatable bonds is 2. The van der Waals surface area contributed by atoms with Crippen LogP contribution in [0.5, 0.6) is 0 Å². The second-order valence-electron chi connectivity index (χ2n) is 5.22. The van der Waals surface area contributed by atoms with Gasteiger partial charge >= 0.3 is 5.97 Å². The van der Waals surface area contributed by atoms with Crippen molar-refractivity contribution >= 4 is 11.7 Å². The molecule has 19 heavy (non-hydrogen) atoms. The van der Waals surface area contributed by atoms with Crippen molar-refractivity contribution in [2.45, 2.75) is 26.3 Å². The minimum absolute atomic E-state index is 0.324. The van der Waals surface area contributed by atoms with Crippen LogP contribution in [0, 0.1) is 5.92 Å². The lowest BCUT2D eigenvalue weighted by molar-refractivity contribution is 0.0508. The first-order valence-corrected chi connectivity index (χ1v) is 6.61. The second kappa shape index (κ2) is 5.97. The Bertz CT molecular complexity index is 470. The van der Waals surface area contributed by atoms with Gasteiger partial charge in [-0.05, 0) is 26.1 Å². The fourth-order valence-corrected chi connectivity index (χ4v) is 2.23. The molecule has 1 fully saturated rings. The van der Waals surface area contributed by atoms with Crippen LogP contribution in [0.1, 0.15) is 30.6 Å². The Morgan fingerprint density at radius 1 is 1.32 bits per heavy atom. The maximum absolute atomic E-state index is 11.8. The average molecular weight is 260 g/mol. The second-order valence-corrected chi connectivity index (χ2v) is 5.22.